The summed E-state index contributed by atoms with van der Waals surface area (Å²) < 4.78 is 18.1. The van der Waals surface area contributed by atoms with Crippen LogP contribution in [0.5, 0.6) is 0 Å². The molecule has 0 saturated carbocycles. The van der Waals surface area contributed by atoms with Crippen LogP contribution in [0.25, 0.3) is 0 Å². The maximum atomic E-state index is 13.1. The number of ether oxygens (including phenoxy) is 1. The summed E-state index contributed by atoms with van der Waals surface area (Å²) in [5.41, 5.74) is 0.350. The number of Topliss-reactive ketones (excluding diaryl/α,β-unsaturated/α-hetero) is 1. The summed E-state index contributed by atoms with van der Waals surface area (Å²) in [5, 5.41) is 11.4. The molecule has 2 aromatic rings. The van der Waals surface area contributed by atoms with Crippen molar-refractivity contribution in [3.63, 3.8) is 0 Å². The van der Waals surface area contributed by atoms with Gasteiger partial charge < -0.3 is 9.64 Å². The molecule has 0 aromatic heterocycles. The van der Waals surface area contributed by atoms with Crippen LogP contribution in [0.15, 0.2) is 42.5 Å². The molecule has 3 rings (SSSR count). The second-order valence-electron chi connectivity index (χ2n) is 6.16. The molecule has 2 aromatic carbocycles. The Morgan fingerprint density at radius 2 is 1.85 bits per heavy atom. The zero-order valence-corrected chi connectivity index (χ0v) is 14.4. The van der Waals surface area contributed by atoms with Gasteiger partial charge in [0.05, 0.1) is 10.5 Å². The maximum absolute atomic E-state index is 13.1. The Morgan fingerprint density at radius 1 is 1.11 bits per heavy atom. The average molecular weight is 372 g/mol. The van der Waals surface area contributed by atoms with Crippen molar-refractivity contribution >= 4 is 23.1 Å². The fourth-order valence-corrected chi connectivity index (χ4v) is 2.98. The minimum absolute atomic E-state index is 0.0170. The van der Waals surface area contributed by atoms with Crippen molar-refractivity contribution in [2.45, 2.75) is 12.8 Å². The van der Waals surface area contributed by atoms with Gasteiger partial charge in [-0.2, -0.15) is 0 Å². The van der Waals surface area contributed by atoms with E-state index in [0.29, 0.717) is 5.69 Å². The molecular weight excluding hydrogens is 355 g/mol. The molecule has 1 heterocycles. The molecule has 1 saturated heterocycles. The monoisotopic (exact) mass is 372 g/mol. The largest absolute Gasteiger partial charge is 0.454 e. The van der Waals surface area contributed by atoms with Gasteiger partial charge in [-0.15, -0.1) is 0 Å². The van der Waals surface area contributed by atoms with Crippen molar-refractivity contribution in [1.82, 2.24) is 0 Å². The zero-order valence-electron chi connectivity index (χ0n) is 14.4. The second-order valence-corrected chi connectivity index (χ2v) is 6.16. The van der Waals surface area contributed by atoms with E-state index in [1.807, 2.05) is 4.90 Å². The van der Waals surface area contributed by atoms with Crippen LogP contribution in [0.3, 0.4) is 0 Å². The predicted molar refractivity (Wildman–Crippen MR) is 95.6 cm³/mol. The quantitative estimate of drug-likeness (QED) is 0.334. The molecule has 0 N–H and O–H groups in total. The minimum Gasteiger partial charge on any atom is -0.454 e. The number of benzene rings is 2. The lowest BCUT2D eigenvalue weighted by Gasteiger charge is -2.17. The lowest BCUT2D eigenvalue weighted by Crippen LogP contribution is -2.19. The third kappa shape index (κ3) is 4.28. The van der Waals surface area contributed by atoms with E-state index in [4.69, 9.17) is 4.74 Å². The van der Waals surface area contributed by atoms with Gasteiger partial charge >= 0.3 is 5.97 Å². The van der Waals surface area contributed by atoms with Crippen LogP contribution < -0.4 is 4.90 Å². The van der Waals surface area contributed by atoms with E-state index >= 15 is 0 Å². The van der Waals surface area contributed by atoms with Gasteiger partial charge in [-0.05, 0) is 37.1 Å². The van der Waals surface area contributed by atoms with E-state index in [2.05, 4.69) is 0 Å². The lowest BCUT2D eigenvalue weighted by molar-refractivity contribution is -0.384. The van der Waals surface area contributed by atoms with E-state index in [1.165, 1.54) is 30.3 Å². The summed E-state index contributed by atoms with van der Waals surface area (Å²) in [4.78, 5) is 36.9. The molecule has 7 nitrogen and oxygen atoms in total. The highest BCUT2D eigenvalue weighted by Crippen LogP contribution is 2.31. The van der Waals surface area contributed by atoms with E-state index in [0.717, 1.165) is 38.1 Å². The van der Waals surface area contributed by atoms with Crippen molar-refractivity contribution in [2.75, 3.05) is 24.6 Å². The first-order chi connectivity index (χ1) is 13.0. The Hall–Kier alpha value is -3.29. The summed E-state index contributed by atoms with van der Waals surface area (Å²) >= 11 is 0. The van der Waals surface area contributed by atoms with Gasteiger partial charge in [-0.3, -0.25) is 14.9 Å². The first-order valence-electron chi connectivity index (χ1n) is 8.45. The Bertz CT molecular complexity index is 893. The Kier molecular flexibility index (Phi) is 5.44. The standard InChI is InChI=1S/C19H17FN2O5/c20-15-5-3-4-13(10-15)18(23)12-27-19(24)14-6-7-16(17(11-14)22(25)26)21-8-1-2-9-21/h3-7,10-11H,1-2,8-9,12H2. The number of nitro benzene ring substituents is 1. The summed E-state index contributed by atoms with van der Waals surface area (Å²) in [6.45, 7) is 0.878. The van der Waals surface area contributed by atoms with Gasteiger partial charge in [-0.1, -0.05) is 12.1 Å². The number of esters is 1. The van der Waals surface area contributed by atoms with Crippen molar-refractivity contribution in [1.29, 1.82) is 0 Å². The smallest absolute Gasteiger partial charge is 0.338 e. The number of rotatable bonds is 6. The molecule has 0 aliphatic carbocycles. The van der Waals surface area contributed by atoms with Crippen LogP contribution in [0.1, 0.15) is 33.6 Å². The summed E-state index contributed by atoms with van der Waals surface area (Å²) in [5.74, 6) is -1.98. The van der Waals surface area contributed by atoms with Crippen LogP contribution >= 0.6 is 0 Å². The van der Waals surface area contributed by atoms with Crippen LogP contribution in [-0.2, 0) is 4.74 Å². The summed E-state index contributed by atoms with van der Waals surface area (Å²) in [6.07, 6.45) is 1.92. The van der Waals surface area contributed by atoms with E-state index in [-0.39, 0.29) is 16.8 Å². The third-order valence-corrected chi connectivity index (χ3v) is 4.34. The molecule has 27 heavy (non-hydrogen) atoms. The number of nitrogens with zero attached hydrogens (tertiary/aromatic N) is 2. The van der Waals surface area contributed by atoms with Crippen LogP contribution in [0.2, 0.25) is 0 Å². The van der Waals surface area contributed by atoms with Crippen molar-refractivity contribution < 1.29 is 23.6 Å². The SMILES string of the molecule is O=C(COC(=O)c1ccc(N2CCCC2)c([N+](=O)[O-])c1)c1cccc(F)c1. The predicted octanol–water partition coefficient (Wildman–Crippen LogP) is 3.37. The molecule has 1 aliphatic rings. The van der Waals surface area contributed by atoms with Crippen LogP contribution in [0, 0.1) is 15.9 Å². The molecule has 140 valence electrons. The Morgan fingerprint density at radius 3 is 2.52 bits per heavy atom. The highest BCUT2D eigenvalue weighted by molar-refractivity contribution is 5.99. The summed E-state index contributed by atoms with van der Waals surface area (Å²) in [6, 6.07) is 9.15. The zero-order chi connectivity index (χ0) is 19.4. The molecule has 0 atom stereocenters. The normalized spacial score (nSPS) is 13.4. The van der Waals surface area contributed by atoms with Gasteiger partial charge in [-0.25, -0.2) is 9.18 Å². The van der Waals surface area contributed by atoms with Crippen molar-refractivity contribution in [2.24, 2.45) is 0 Å². The van der Waals surface area contributed by atoms with Gasteiger partial charge in [0, 0.05) is 24.7 Å². The molecular formula is C19H17FN2O5. The number of halogens is 1. The molecule has 0 amide bonds. The highest BCUT2D eigenvalue weighted by Gasteiger charge is 2.24. The topological polar surface area (TPSA) is 89.8 Å². The summed E-state index contributed by atoms with van der Waals surface area (Å²) in [7, 11) is 0. The fraction of sp³-hybridized carbons (Fsp3) is 0.263. The molecule has 8 heteroatoms. The average Bonchev–Trinajstić information content (AvgIpc) is 3.19. The van der Waals surface area contributed by atoms with E-state index in [9.17, 15) is 24.1 Å². The molecule has 1 aliphatic heterocycles. The van der Waals surface area contributed by atoms with Crippen molar-refractivity contribution in [3.05, 3.63) is 69.5 Å². The fourth-order valence-electron chi connectivity index (χ4n) is 2.98. The van der Waals surface area contributed by atoms with Gasteiger partial charge in [0.1, 0.15) is 11.5 Å². The molecule has 0 spiro atoms. The number of carbonyl (C=O) groups is 2. The molecule has 1 fully saturated rings. The number of anilines is 1. The van der Waals surface area contributed by atoms with Gasteiger partial charge in [0.15, 0.2) is 12.4 Å². The Labute approximate surface area is 154 Å². The second kappa shape index (κ2) is 7.94. The highest BCUT2D eigenvalue weighted by atomic mass is 19.1. The maximum Gasteiger partial charge on any atom is 0.338 e. The number of hydrogen-bond donors (Lipinski definition) is 0. The van der Waals surface area contributed by atoms with Gasteiger partial charge in [0.2, 0.25) is 0 Å². The van der Waals surface area contributed by atoms with Crippen LogP contribution in [-0.4, -0.2) is 36.4 Å². The number of carbonyl (C=O) groups excluding carboxylic acids is 2. The van der Waals surface area contributed by atoms with E-state index in [1.54, 1.807) is 0 Å². The van der Waals surface area contributed by atoms with Crippen LogP contribution in [0.4, 0.5) is 15.8 Å². The Balaban J connectivity index is 1.71. The molecule has 0 radical (unpaired) electrons. The number of ketones is 1. The molecule has 0 unspecified atom stereocenters. The minimum atomic E-state index is -0.851. The first-order valence-corrected chi connectivity index (χ1v) is 8.45. The lowest BCUT2D eigenvalue weighted by atomic mass is 10.1. The number of hydrogen-bond acceptors (Lipinski definition) is 6. The van der Waals surface area contributed by atoms with Gasteiger partial charge in [0.25, 0.3) is 5.69 Å². The third-order valence-electron chi connectivity index (χ3n) is 4.34. The first kappa shape index (κ1) is 18.5. The molecule has 0 bridgehead atoms. The van der Waals surface area contributed by atoms with E-state index < -0.39 is 29.1 Å². The van der Waals surface area contributed by atoms with Crippen molar-refractivity contribution in [3.8, 4) is 0 Å². The number of nitro groups is 1.